The number of aliphatic hydroxyl groups is 2. The van der Waals surface area contributed by atoms with E-state index in [1.54, 1.807) is 0 Å². The zero-order valence-corrected chi connectivity index (χ0v) is 17.8. The Morgan fingerprint density at radius 3 is 1.55 bits per heavy atom. The highest BCUT2D eigenvalue weighted by Crippen LogP contribution is 2.48. The Balaban J connectivity index is 1.82. The molecule has 31 heavy (non-hydrogen) atoms. The van der Waals surface area contributed by atoms with E-state index >= 15 is 0 Å². The van der Waals surface area contributed by atoms with Gasteiger partial charge in [-0.3, -0.25) is 0 Å². The molecule has 0 heterocycles. The van der Waals surface area contributed by atoms with Crippen LogP contribution in [0.15, 0.2) is 60.7 Å². The van der Waals surface area contributed by atoms with Gasteiger partial charge in [-0.05, 0) is 105 Å². The molecule has 1 fully saturated rings. The van der Waals surface area contributed by atoms with Crippen molar-refractivity contribution >= 4 is 21.5 Å². The minimum absolute atomic E-state index is 0.0670. The van der Waals surface area contributed by atoms with Gasteiger partial charge in [-0.1, -0.05) is 55.0 Å². The topological polar surface area (TPSA) is 40.5 Å². The van der Waals surface area contributed by atoms with E-state index in [2.05, 4.69) is 60.7 Å². The lowest BCUT2D eigenvalue weighted by atomic mass is 9.73. The Kier molecular flexibility index (Phi) is 4.59. The molecular weight excluding hydrogens is 380 g/mol. The van der Waals surface area contributed by atoms with Crippen LogP contribution < -0.4 is 0 Å². The van der Waals surface area contributed by atoms with Crippen LogP contribution in [0.2, 0.25) is 0 Å². The van der Waals surface area contributed by atoms with E-state index < -0.39 is 0 Å². The lowest BCUT2D eigenvalue weighted by Crippen LogP contribution is -2.19. The van der Waals surface area contributed by atoms with Crippen molar-refractivity contribution in [2.24, 2.45) is 11.8 Å². The van der Waals surface area contributed by atoms with Gasteiger partial charge in [-0.25, -0.2) is 0 Å². The first-order chi connectivity index (χ1) is 15.3. The Morgan fingerprint density at radius 1 is 0.645 bits per heavy atom. The van der Waals surface area contributed by atoms with Gasteiger partial charge in [0.25, 0.3) is 0 Å². The first kappa shape index (κ1) is 19.0. The summed E-state index contributed by atoms with van der Waals surface area (Å²) >= 11 is 0. The third-order valence-electron chi connectivity index (χ3n) is 7.84. The molecule has 2 unspecified atom stereocenters. The molecular formula is C29H28O2. The van der Waals surface area contributed by atoms with Crippen LogP contribution in [0.4, 0.5) is 0 Å². The largest absolute Gasteiger partial charge is 0.392 e. The molecule has 0 amide bonds. The Bertz CT molecular complexity index is 1200. The fraction of sp³-hybridized carbons (Fsp3) is 0.310. The number of fused-ring (bicyclic) bond motifs is 8. The van der Waals surface area contributed by atoms with Gasteiger partial charge < -0.3 is 10.2 Å². The molecule has 0 saturated heterocycles. The second kappa shape index (κ2) is 7.47. The fourth-order valence-electron chi connectivity index (χ4n) is 6.39. The minimum Gasteiger partial charge on any atom is -0.392 e. The van der Waals surface area contributed by atoms with Crippen LogP contribution in [-0.4, -0.2) is 10.2 Å². The number of aliphatic hydroxyl groups excluding tert-OH is 2. The van der Waals surface area contributed by atoms with Gasteiger partial charge in [0.15, 0.2) is 0 Å². The van der Waals surface area contributed by atoms with Crippen molar-refractivity contribution in [3.8, 4) is 11.1 Å². The van der Waals surface area contributed by atoms with Crippen molar-refractivity contribution < 1.29 is 10.2 Å². The van der Waals surface area contributed by atoms with Crippen molar-refractivity contribution in [1.82, 2.24) is 0 Å². The average Bonchev–Trinajstić information content (AvgIpc) is 3.23. The summed E-state index contributed by atoms with van der Waals surface area (Å²) in [5.74, 6) is 1.30. The predicted molar refractivity (Wildman–Crippen MR) is 127 cm³/mol. The highest BCUT2D eigenvalue weighted by Gasteiger charge is 2.34. The number of benzene rings is 4. The van der Waals surface area contributed by atoms with Crippen molar-refractivity contribution in [1.29, 1.82) is 0 Å². The van der Waals surface area contributed by atoms with Gasteiger partial charge in [0, 0.05) is 0 Å². The van der Waals surface area contributed by atoms with Crippen LogP contribution in [0.1, 0.15) is 41.5 Å². The molecule has 0 spiro atoms. The zero-order chi connectivity index (χ0) is 20.9. The maximum atomic E-state index is 10.4. The SMILES string of the molecule is OCc1cc2ccccc2c2c1CC1CCCC1Cc1c(CO)cc3ccccc3c1-2. The zero-order valence-electron chi connectivity index (χ0n) is 17.8. The monoisotopic (exact) mass is 408 g/mol. The Hall–Kier alpha value is -2.68. The molecule has 0 radical (unpaired) electrons. The van der Waals surface area contributed by atoms with Crippen LogP contribution in [0.25, 0.3) is 32.7 Å². The maximum absolute atomic E-state index is 10.4. The quantitative estimate of drug-likeness (QED) is 0.417. The summed E-state index contributed by atoms with van der Waals surface area (Å²) in [6, 6.07) is 21.6. The van der Waals surface area contributed by atoms with Crippen molar-refractivity contribution in [2.45, 2.75) is 45.3 Å². The van der Waals surface area contributed by atoms with E-state index in [1.807, 2.05) is 0 Å². The predicted octanol–water partition coefficient (Wildman–Crippen LogP) is 6.16. The molecule has 4 aromatic rings. The van der Waals surface area contributed by atoms with Gasteiger partial charge in [-0.2, -0.15) is 0 Å². The Morgan fingerprint density at radius 2 is 1.10 bits per heavy atom. The van der Waals surface area contributed by atoms with Gasteiger partial charge in [-0.15, -0.1) is 0 Å². The summed E-state index contributed by atoms with van der Waals surface area (Å²) in [5.41, 5.74) is 7.33. The summed E-state index contributed by atoms with van der Waals surface area (Å²) < 4.78 is 0. The first-order valence-corrected chi connectivity index (χ1v) is 11.6. The Labute approximate surface area is 183 Å². The molecule has 6 rings (SSSR count). The molecule has 0 aliphatic heterocycles. The molecule has 4 aromatic carbocycles. The summed E-state index contributed by atoms with van der Waals surface area (Å²) in [6.45, 7) is 0.134. The van der Waals surface area contributed by atoms with E-state index in [4.69, 9.17) is 0 Å². The van der Waals surface area contributed by atoms with Crippen molar-refractivity contribution in [3.63, 3.8) is 0 Å². The van der Waals surface area contributed by atoms with E-state index in [1.165, 1.54) is 63.1 Å². The first-order valence-electron chi connectivity index (χ1n) is 11.6. The molecule has 2 heteroatoms. The summed E-state index contributed by atoms with van der Waals surface area (Å²) in [4.78, 5) is 0. The fourth-order valence-corrected chi connectivity index (χ4v) is 6.39. The van der Waals surface area contributed by atoms with Gasteiger partial charge in [0.2, 0.25) is 0 Å². The minimum atomic E-state index is 0.0670. The van der Waals surface area contributed by atoms with Crippen LogP contribution in [-0.2, 0) is 26.1 Å². The highest BCUT2D eigenvalue weighted by molar-refractivity contribution is 6.08. The van der Waals surface area contributed by atoms with Crippen molar-refractivity contribution in [3.05, 3.63) is 82.9 Å². The molecule has 2 N–H and O–H groups in total. The molecule has 2 aliphatic rings. The number of rotatable bonds is 2. The van der Waals surface area contributed by atoms with Crippen LogP contribution in [0, 0.1) is 11.8 Å². The molecule has 156 valence electrons. The molecule has 2 nitrogen and oxygen atoms in total. The molecule has 0 aromatic heterocycles. The van der Waals surface area contributed by atoms with Gasteiger partial charge in [0.05, 0.1) is 13.2 Å². The highest BCUT2D eigenvalue weighted by atomic mass is 16.3. The van der Waals surface area contributed by atoms with E-state index in [-0.39, 0.29) is 13.2 Å². The lowest BCUT2D eigenvalue weighted by Gasteiger charge is -2.31. The lowest BCUT2D eigenvalue weighted by molar-refractivity contribution is 0.277. The van der Waals surface area contributed by atoms with Gasteiger partial charge >= 0.3 is 0 Å². The number of hydrogen-bond donors (Lipinski definition) is 2. The van der Waals surface area contributed by atoms with Crippen LogP contribution >= 0.6 is 0 Å². The van der Waals surface area contributed by atoms with E-state index in [0.717, 1.165) is 24.0 Å². The molecule has 2 aliphatic carbocycles. The molecule has 0 bridgehead atoms. The summed E-state index contributed by atoms with van der Waals surface area (Å²) in [7, 11) is 0. The van der Waals surface area contributed by atoms with Crippen molar-refractivity contribution in [2.75, 3.05) is 0 Å². The second-order valence-corrected chi connectivity index (χ2v) is 9.40. The third kappa shape index (κ3) is 2.93. The second-order valence-electron chi connectivity index (χ2n) is 9.40. The summed E-state index contributed by atoms with van der Waals surface area (Å²) in [5, 5.41) is 25.6. The van der Waals surface area contributed by atoms with Crippen LogP contribution in [0.5, 0.6) is 0 Å². The smallest absolute Gasteiger partial charge is 0.0684 e. The molecule has 2 atom stereocenters. The van der Waals surface area contributed by atoms with E-state index in [0.29, 0.717) is 11.8 Å². The average molecular weight is 409 g/mol. The third-order valence-corrected chi connectivity index (χ3v) is 7.84. The number of hydrogen-bond acceptors (Lipinski definition) is 2. The van der Waals surface area contributed by atoms with Crippen LogP contribution in [0.3, 0.4) is 0 Å². The summed E-state index contributed by atoms with van der Waals surface area (Å²) in [6.07, 6.45) is 5.89. The normalized spacial score (nSPS) is 20.2. The molecule has 1 saturated carbocycles. The van der Waals surface area contributed by atoms with Gasteiger partial charge in [0.1, 0.15) is 0 Å². The maximum Gasteiger partial charge on any atom is 0.0684 e. The standard InChI is InChI=1S/C29H28O2/c30-16-22-12-20-6-1-3-10-24(20)28-26(22)14-18-8-5-9-19(18)15-27-23(17-31)13-21-7-2-4-11-25(21)29(27)28/h1-4,6-7,10-13,18-19,30-31H,5,8-9,14-17H2. The van der Waals surface area contributed by atoms with E-state index in [9.17, 15) is 10.2 Å².